The molecule has 0 amide bonds. The van der Waals surface area contributed by atoms with Crippen LogP contribution >= 0.6 is 0 Å². The quantitative estimate of drug-likeness (QED) is 0.422. The summed E-state index contributed by atoms with van der Waals surface area (Å²) in [4.78, 5) is 0. The van der Waals surface area contributed by atoms with Crippen molar-refractivity contribution < 1.29 is 12.9 Å². The average Bonchev–Trinajstić information content (AvgIpc) is 1.80. The van der Waals surface area contributed by atoms with Crippen LogP contribution in [0.5, 0.6) is 0 Å². The summed E-state index contributed by atoms with van der Waals surface area (Å²) in [6, 6.07) is 0. The molecule has 1 N–H and O–H groups in total. The molecule has 0 radical (unpaired) electrons. The van der Waals surface area contributed by atoms with Crippen molar-refractivity contribution in [1.82, 2.24) is 5.32 Å². The molecule has 0 saturated carbocycles. The van der Waals surface area contributed by atoms with Gasteiger partial charge in [0.2, 0.25) is 0 Å². The van der Waals surface area contributed by atoms with Gasteiger partial charge in [-0.3, -0.25) is 0 Å². The van der Waals surface area contributed by atoms with E-state index < -0.39 is 11.4 Å². The van der Waals surface area contributed by atoms with E-state index in [-0.39, 0.29) is 6.61 Å². The first-order valence-corrected chi connectivity index (χ1v) is 3.64. The highest BCUT2D eigenvalue weighted by Gasteiger charge is 1.84. The average molecular weight is 152 g/mol. The summed E-state index contributed by atoms with van der Waals surface area (Å²) >= 11 is -2.35. The lowest BCUT2D eigenvalue weighted by molar-refractivity contribution is 0.295. The van der Waals surface area contributed by atoms with Crippen molar-refractivity contribution in [2.45, 2.75) is 6.42 Å². The maximum Gasteiger partial charge on any atom is 0.0842 e. The van der Waals surface area contributed by atoms with E-state index in [1.807, 2.05) is 0 Å². The molecule has 1 atom stereocenters. The summed E-state index contributed by atoms with van der Waals surface area (Å²) in [6.07, 6.45) is 0.713. The van der Waals surface area contributed by atoms with Crippen LogP contribution < -0.4 is 5.32 Å². The molecule has 4 nitrogen and oxygen atoms in total. The largest absolute Gasteiger partial charge is 0.750 e. The summed E-state index contributed by atoms with van der Waals surface area (Å²) in [5.41, 5.74) is 0. The molecule has 0 aromatic heterocycles. The molecule has 0 aliphatic heterocycles. The molecule has 0 spiro atoms. The highest BCUT2D eigenvalue weighted by molar-refractivity contribution is 7.74. The Balaban J connectivity index is 2.83. The summed E-state index contributed by atoms with van der Waals surface area (Å²) in [5, 5.41) is 2.86. The van der Waals surface area contributed by atoms with Crippen LogP contribution in [0.25, 0.3) is 0 Å². The van der Waals surface area contributed by atoms with Crippen LogP contribution in [0.2, 0.25) is 0 Å². The fourth-order valence-electron chi connectivity index (χ4n) is 0.376. The Labute approximate surface area is 57.1 Å². The molecule has 0 aliphatic rings. The third kappa shape index (κ3) is 8.03. The van der Waals surface area contributed by atoms with E-state index in [9.17, 15) is 8.76 Å². The van der Waals surface area contributed by atoms with Gasteiger partial charge in [0, 0.05) is 0 Å². The van der Waals surface area contributed by atoms with Gasteiger partial charge in [-0.05, 0) is 20.0 Å². The van der Waals surface area contributed by atoms with Crippen molar-refractivity contribution in [1.29, 1.82) is 0 Å². The van der Waals surface area contributed by atoms with Crippen LogP contribution in [-0.2, 0) is 15.5 Å². The minimum absolute atomic E-state index is 0.261. The Morgan fingerprint density at radius 2 is 2.44 bits per heavy atom. The van der Waals surface area contributed by atoms with Gasteiger partial charge >= 0.3 is 0 Å². The second-order valence-corrected chi connectivity index (χ2v) is 2.13. The monoisotopic (exact) mass is 152 g/mol. The van der Waals surface area contributed by atoms with E-state index in [1.165, 1.54) is 0 Å². The Morgan fingerprint density at radius 1 is 1.78 bits per heavy atom. The van der Waals surface area contributed by atoms with Gasteiger partial charge in [-0.15, -0.1) is 0 Å². The third-order valence-corrected chi connectivity index (χ3v) is 1.11. The number of hydrogen-bond acceptors (Lipinski definition) is 4. The zero-order valence-electron chi connectivity index (χ0n) is 5.25. The van der Waals surface area contributed by atoms with Crippen molar-refractivity contribution in [3.63, 3.8) is 0 Å². The Kier molecular flexibility index (Phi) is 6.18. The molecule has 0 bridgehead atoms. The standard InChI is InChI=1S/C4H11NO3S/c1-5-3-2-4-8-9(6)7/h5H,2-4H2,1H3,(H,6,7)/p-1. The van der Waals surface area contributed by atoms with Crippen molar-refractivity contribution in [3.8, 4) is 0 Å². The van der Waals surface area contributed by atoms with Crippen molar-refractivity contribution in [2.75, 3.05) is 20.2 Å². The summed E-state index contributed by atoms with van der Waals surface area (Å²) in [5.74, 6) is 0. The Bertz CT molecular complexity index is 87.9. The lowest BCUT2D eigenvalue weighted by atomic mass is 10.5. The van der Waals surface area contributed by atoms with Crippen LogP contribution in [-0.4, -0.2) is 29.0 Å². The molecule has 0 rings (SSSR count). The predicted octanol–water partition coefficient (Wildman–Crippen LogP) is -0.593. The van der Waals surface area contributed by atoms with E-state index >= 15 is 0 Å². The van der Waals surface area contributed by atoms with Crippen LogP contribution in [0.3, 0.4) is 0 Å². The first-order valence-electron chi connectivity index (χ1n) is 2.64. The second kappa shape index (κ2) is 6.15. The molecule has 0 aliphatic carbocycles. The maximum atomic E-state index is 9.72. The zero-order chi connectivity index (χ0) is 7.11. The first kappa shape index (κ1) is 9.03. The van der Waals surface area contributed by atoms with Gasteiger partial charge in [-0.2, -0.15) is 0 Å². The fourth-order valence-corrected chi connectivity index (χ4v) is 0.630. The molecule has 0 saturated heterocycles. The SMILES string of the molecule is CNCCCOS(=O)[O-]. The van der Waals surface area contributed by atoms with Crippen LogP contribution in [0.4, 0.5) is 0 Å². The molecule has 56 valence electrons. The summed E-state index contributed by atoms with van der Waals surface area (Å²) < 4.78 is 23.7. The smallest absolute Gasteiger partial charge is 0.0842 e. The summed E-state index contributed by atoms with van der Waals surface area (Å²) in [7, 11) is 1.80. The van der Waals surface area contributed by atoms with E-state index in [0.717, 1.165) is 6.54 Å². The van der Waals surface area contributed by atoms with Crippen molar-refractivity contribution in [3.05, 3.63) is 0 Å². The van der Waals surface area contributed by atoms with E-state index in [0.29, 0.717) is 6.42 Å². The lowest BCUT2D eigenvalue weighted by Crippen LogP contribution is -2.10. The Morgan fingerprint density at radius 3 is 2.89 bits per heavy atom. The molecular weight excluding hydrogens is 142 g/mol. The molecule has 5 heteroatoms. The van der Waals surface area contributed by atoms with Gasteiger partial charge in [0.05, 0.1) is 18.0 Å². The maximum absolute atomic E-state index is 9.72. The molecule has 0 aromatic carbocycles. The molecule has 0 aromatic rings. The van der Waals surface area contributed by atoms with Crippen LogP contribution in [0.15, 0.2) is 0 Å². The highest BCUT2D eigenvalue weighted by Crippen LogP contribution is 1.81. The Hall–Kier alpha value is 0.0300. The molecule has 0 heterocycles. The third-order valence-electron chi connectivity index (χ3n) is 0.751. The van der Waals surface area contributed by atoms with Crippen LogP contribution in [0, 0.1) is 0 Å². The lowest BCUT2D eigenvalue weighted by Gasteiger charge is -2.03. The molecular formula is C4H10NO3S-. The number of hydrogen-bond donors (Lipinski definition) is 1. The highest BCUT2D eigenvalue weighted by atomic mass is 32.2. The second-order valence-electron chi connectivity index (χ2n) is 1.48. The topological polar surface area (TPSA) is 61.4 Å². The van der Waals surface area contributed by atoms with Gasteiger partial charge in [0.15, 0.2) is 0 Å². The molecule has 0 fully saturated rings. The first-order chi connectivity index (χ1) is 4.27. The fraction of sp³-hybridized carbons (Fsp3) is 1.00. The van der Waals surface area contributed by atoms with Crippen LogP contribution in [0.1, 0.15) is 6.42 Å². The van der Waals surface area contributed by atoms with Crippen molar-refractivity contribution in [2.24, 2.45) is 0 Å². The number of rotatable bonds is 5. The predicted molar refractivity (Wildman–Crippen MR) is 33.4 cm³/mol. The van der Waals surface area contributed by atoms with E-state index in [4.69, 9.17) is 0 Å². The minimum atomic E-state index is -2.35. The van der Waals surface area contributed by atoms with Gasteiger partial charge in [-0.1, -0.05) is 0 Å². The van der Waals surface area contributed by atoms with E-state index in [1.54, 1.807) is 7.05 Å². The van der Waals surface area contributed by atoms with E-state index in [2.05, 4.69) is 9.50 Å². The van der Waals surface area contributed by atoms with Crippen molar-refractivity contribution >= 4 is 11.4 Å². The zero-order valence-corrected chi connectivity index (χ0v) is 6.07. The number of nitrogens with one attached hydrogen (secondary N) is 1. The normalized spacial score (nSPS) is 13.6. The van der Waals surface area contributed by atoms with Gasteiger partial charge in [0.25, 0.3) is 0 Å². The van der Waals surface area contributed by atoms with Gasteiger partial charge < -0.3 is 14.1 Å². The minimum Gasteiger partial charge on any atom is -0.750 e. The van der Waals surface area contributed by atoms with Gasteiger partial charge in [-0.25, -0.2) is 4.21 Å². The van der Waals surface area contributed by atoms with Gasteiger partial charge in [0.1, 0.15) is 0 Å². The molecule has 9 heavy (non-hydrogen) atoms. The molecule has 1 unspecified atom stereocenters. The summed E-state index contributed by atoms with van der Waals surface area (Å²) in [6.45, 7) is 1.04.